The maximum atomic E-state index is 13.3. The van der Waals surface area contributed by atoms with Crippen LogP contribution in [0.2, 0.25) is 0 Å². The lowest BCUT2D eigenvalue weighted by molar-refractivity contribution is -0.0725. The Kier molecular flexibility index (Phi) is 3.30. The lowest BCUT2D eigenvalue weighted by atomic mass is 9.74. The van der Waals surface area contributed by atoms with Crippen LogP contribution in [-0.4, -0.2) is 25.2 Å². The molecule has 0 radical (unpaired) electrons. The predicted molar refractivity (Wildman–Crippen MR) is 54.4 cm³/mol. The van der Waals surface area contributed by atoms with E-state index < -0.39 is 12.0 Å². The first kappa shape index (κ1) is 11.6. The Morgan fingerprint density at radius 1 is 1.25 bits per heavy atom. The standard InChI is InChI=1S/C11H17F2NO2/c12-11(13)4-1-8-3-6-16-10(15)14-5-2-9(8)7-11/h8-9H,1-7H2,(H,14,15)/t8-,9+/m0/s1. The lowest BCUT2D eigenvalue weighted by Crippen LogP contribution is -2.34. The minimum atomic E-state index is -2.51. The van der Waals surface area contributed by atoms with Gasteiger partial charge in [0.2, 0.25) is 5.92 Å². The monoisotopic (exact) mass is 233 g/mol. The highest BCUT2D eigenvalue weighted by atomic mass is 19.3. The van der Waals surface area contributed by atoms with Crippen LogP contribution in [0.25, 0.3) is 0 Å². The highest BCUT2D eigenvalue weighted by Gasteiger charge is 2.41. The summed E-state index contributed by atoms with van der Waals surface area (Å²) in [5.41, 5.74) is 0. The third-order valence-corrected chi connectivity index (χ3v) is 3.61. The number of hydrogen-bond donors (Lipinski definition) is 1. The van der Waals surface area contributed by atoms with Crippen LogP contribution in [0.3, 0.4) is 0 Å². The molecule has 5 heteroatoms. The van der Waals surface area contributed by atoms with Crippen molar-refractivity contribution in [3.63, 3.8) is 0 Å². The van der Waals surface area contributed by atoms with Gasteiger partial charge in [0.25, 0.3) is 0 Å². The van der Waals surface area contributed by atoms with Gasteiger partial charge in [-0.1, -0.05) is 0 Å². The van der Waals surface area contributed by atoms with E-state index in [2.05, 4.69) is 5.32 Å². The van der Waals surface area contributed by atoms with E-state index in [9.17, 15) is 13.6 Å². The molecule has 0 bridgehead atoms. The molecule has 92 valence electrons. The van der Waals surface area contributed by atoms with Crippen molar-refractivity contribution in [3.05, 3.63) is 0 Å². The zero-order valence-electron chi connectivity index (χ0n) is 9.18. The molecule has 0 aromatic rings. The summed E-state index contributed by atoms with van der Waals surface area (Å²) < 4.78 is 31.5. The van der Waals surface area contributed by atoms with Gasteiger partial charge in [-0.3, -0.25) is 0 Å². The van der Waals surface area contributed by atoms with Crippen molar-refractivity contribution >= 4 is 6.09 Å². The summed E-state index contributed by atoms with van der Waals surface area (Å²) in [5, 5.41) is 2.58. The molecule has 0 aromatic carbocycles. The second-order valence-corrected chi connectivity index (χ2v) is 4.76. The van der Waals surface area contributed by atoms with Crippen molar-refractivity contribution in [2.24, 2.45) is 11.8 Å². The summed E-state index contributed by atoms with van der Waals surface area (Å²) in [6.07, 6.45) is 1.42. The zero-order chi connectivity index (χ0) is 11.6. The Labute approximate surface area is 93.5 Å². The number of halogens is 2. The lowest BCUT2D eigenvalue weighted by Gasteiger charge is -2.35. The van der Waals surface area contributed by atoms with E-state index >= 15 is 0 Å². The van der Waals surface area contributed by atoms with Crippen LogP contribution in [0.5, 0.6) is 0 Å². The van der Waals surface area contributed by atoms with Gasteiger partial charge in [-0.2, -0.15) is 0 Å². The average Bonchev–Trinajstić information content (AvgIpc) is 2.27. The number of hydrogen-bond acceptors (Lipinski definition) is 2. The fourth-order valence-corrected chi connectivity index (χ4v) is 2.72. The predicted octanol–water partition coefficient (Wildman–Crippen LogP) is 2.56. The SMILES string of the molecule is O=C1NCC[C@@H]2CC(F)(F)CC[C@H]2CCO1. The van der Waals surface area contributed by atoms with Gasteiger partial charge in [-0.25, -0.2) is 13.6 Å². The van der Waals surface area contributed by atoms with Crippen LogP contribution in [-0.2, 0) is 4.74 Å². The maximum Gasteiger partial charge on any atom is 0.407 e. The van der Waals surface area contributed by atoms with E-state index in [1.807, 2.05) is 0 Å². The first-order valence-electron chi connectivity index (χ1n) is 5.85. The van der Waals surface area contributed by atoms with Gasteiger partial charge in [0.15, 0.2) is 0 Å². The Morgan fingerprint density at radius 3 is 2.88 bits per heavy atom. The number of nitrogens with one attached hydrogen (secondary N) is 1. The van der Waals surface area contributed by atoms with E-state index in [-0.39, 0.29) is 24.7 Å². The fourth-order valence-electron chi connectivity index (χ4n) is 2.72. The highest BCUT2D eigenvalue weighted by molar-refractivity contribution is 5.67. The molecule has 1 aliphatic carbocycles. The molecular weight excluding hydrogens is 216 g/mol. The Morgan fingerprint density at radius 2 is 2.06 bits per heavy atom. The third-order valence-electron chi connectivity index (χ3n) is 3.61. The highest BCUT2D eigenvalue weighted by Crippen LogP contribution is 2.42. The van der Waals surface area contributed by atoms with E-state index in [4.69, 9.17) is 4.74 Å². The smallest absolute Gasteiger partial charge is 0.407 e. The molecule has 1 N–H and O–H groups in total. The van der Waals surface area contributed by atoms with Crippen molar-refractivity contribution in [1.29, 1.82) is 0 Å². The van der Waals surface area contributed by atoms with Crippen molar-refractivity contribution in [1.82, 2.24) is 5.32 Å². The summed E-state index contributed by atoms with van der Waals surface area (Å²) in [7, 11) is 0. The van der Waals surface area contributed by atoms with Gasteiger partial charge in [0, 0.05) is 19.4 Å². The van der Waals surface area contributed by atoms with E-state index in [0.29, 0.717) is 32.4 Å². The van der Waals surface area contributed by atoms with Crippen LogP contribution in [0, 0.1) is 11.8 Å². The van der Waals surface area contributed by atoms with Gasteiger partial charge in [-0.15, -0.1) is 0 Å². The Bertz CT molecular complexity index is 271. The van der Waals surface area contributed by atoms with Crippen molar-refractivity contribution in [2.75, 3.05) is 13.2 Å². The van der Waals surface area contributed by atoms with E-state index in [0.717, 1.165) is 0 Å². The van der Waals surface area contributed by atoms with Gasteiger partial charge >= 0.3 is 6.09 Å². The second kappa shape index (κ2) is 4.55. The number of alkyl carbamates (subject to hydrolysis) is 1. The molecule has 1 aliphatic heterocycles. The number of carbonyl (C=O) groups is 1. The summed E-state index contributed by atoms with van der Waals surface area (Å²) >= 11 is 0. The molecule has 2 aliphatic rings. The topological polar surface area (TPSA) is 38.3 Å². The van der Waals surface area contributed by atoms with E-state index in [1.54, 1.807) is 0 Å². The minimum Gasteiger partial charge on any atom is -0.450 e. The van der Waals surface area contributed by atoms with Crippen LogP contribution in [0.15, 0.2) is 0 Å². The summed E-state index contributed by atoms with van der Waals surface area (Å²) in [6, 6.07) is 0. The molecule has 2 atom stereocenters. The van der Waals surface area contributed by atoms with Gasteiger partial charge in [-0.05, 0) is 31.1 Å². The molecule has 1 amide bonds. The molecule has 16 heavy (non-hydrogen) atoms. The number of rotatable bonds is 0. The normalized spacial score (nSPS) is 34.8. The van der Waals surface area contributed by atoms with Gasteiger partial charge in [0.1, 0.15) is 0 Å². The van der Waals surface area contributed by atoms with Crippen LogP contribution >= 0.6 is 0 Å². The molecule has 1 saturated heterocycles. The number of alkyl halides is 2. The molecule has 1 heterocycles. The number of amides is 1. The second-order valence-electron chi connectivity index (χ2n) is 4.76. The van der Waals surface area contributed by atoms with Gasteiger partial charge in [0.05, 0.1) is 6.61 Å². The van der Waals surface area contributed by atoms with Crippen molar-refractivity contribution in [2.45, 2.75) is 38.0 Å². The van der Waals surface area contributed by atoms with Crippen molar-refractivity contribution in [3.8, 4) is 0 Å². The molecule has 1 saturated carbocycles. The summed E-state index contributed by atoms with van der Waals surface area (Å²) in [4.78, 5) is 11.0. The summed E-state index contributed by atoms with van der Waals surface area (Å²) in [5.74, 6) is -2.21. The first-order valence-corrected chi connectivity index (χ1v) is 5.85. The quantitative estimate of drug-likeness (QED) is 0.698. The maximum absolute atomic E-state index is 13.3. The largest absolute Gasteiger partial charge is 0.450 e. The zero-order valence-corrected chi connectivity index (χ0v) is 9.18. The number of carbonyl (C=O) groups excluding carboxylic acids is 1. The van der Waals surface area contributed by atoms with Crippen LogP contribution in [0.4, 0.5) is 13.6 Å². The number of cyclic esters (lactones) is 1. The molecule has 2 rings (SSSR count). The molecule has 0 spiro atoms. The molecule has 3 nitrogen and oxygen atoms in total. The fraction of sp³-hybridized carbons (Fsp3) is 0.909. The Hall–Kier alpha value is -0.870. The third kappa shape index (κ3) is 2.83. The molecule has 0 unspecified atom stereocenters. The molecule has 2 fully saturated rings. The van der Waals surface area contributed by atoms with E-state index in [1.165, 1.54) is 0 Å². The minimum absolute atomic E-state index is 0.0183. The van der Waals surface area contributed by atoms with Crippen LogP contribution in [0.1, 0.15) is 32.1 Å². The number of ether oxygens (including phenoxy) is 1. The Balaban J connectivity index is 1.98. The summed E-state index contributed by atoms with van der Waals surface area (Å²) in [6.45, 7) is 0.786. The van der Waals surface area contributed by atoms with Crippen LogP contribution < -0.4 is 5.32 Å². The molecular formula is C11H17F2NO2. The van der Waals surface area contributed by atoms with Crippen molar-refractivity contribution < 1.29 is 18.3 Å². The first-order chi connectivity index (χ1) is 7.57. The number of fused-ring (bicyclic) bond motifs is 1. The van der Waals surface area contributed by atoms with Gasteiger partial charge < -0.3 is 10.1 Å². The average molecular weight is 233 g/mol. The molecule has 0 aromatic heterocycles.